The molecule has 0 bridgehead atoms. The second-order valence-corrected chi connectivity index (χ2v) is 9.15. The summed E-state index contributed by atoms with van der Waals surface area (Å²) in [4.78, 5) is 12.8. The van der Waals surface area contributed by atoms with E-state index in [0.717, 1.165) is 11.1 Å². The molecule has 2 aliphatic heterocycles. The average molecular weight is 371 g/mol. The Hall–Kier alpha value is -2.18. The van der Waals surface area contributed by atoms with Gasteiger partial charge in [-0.15, -0.1) is 0 Å². The number of aryl methyl sites for hydroxylation is 2. The van der Waals surface area contributed by atoms with E-state index in [4.69, 9.17) is 4.74 Å². The minimum atomic E-state index is -3.61. The van der Waals surface area contributed by atoms with Gasteiger partial charge in [0.15, 0.2) is 5.78 Å². The number of Topliss-reactive ketones (excluding diaryl/α,β-unsaturated/α-hetero) is 1. The number of sulfonamides is 1. The minimum absolute atomic E-state index is 0.0114. The predicted octanol–water partition coefficient (Wildman–Crippen LogP) is 3.10. The predicted molar refractivity (Wildman–Crippen MR) is 98.0 cm³/mol. The average Bonchev–Trinajstić information content (AvgIpc) is 3.01. The van der Waals surface area contributed by atoms with Crippen LogP contribution in [0.3, 0.4) is 0 Å². The number of fused-ring (bicyclic) bond motifs is 1. The first-order valence-corrected chi connectivity index (χ1v) is 10.1. The molecule has 1 spiro atoms. The summed E-state index contributed by atoms with van der Waals surface area (Å²) in [6.07, 6.45) is 0.722. The van der Waals surface area contributed by atoms with E-state index >= 15 is 0 Å². The third kappa shape index (κ3) is 2.73. The molecule has 2 aromatic rings. The normalized spacial score (nSPS) is 23.1. The number of carbonyl (C=O) groups is 1. The van der Waals surface area contributed by atoms with Gasteiger partial charge >= 0.3 is 0 Å². The quantitative estimate of drug-likeness (QED) is 0.814. The van der Waals surface area contributed by atoms with Crippen LogP contribution >= 0.6 is 0 Å². The largest absolute Gasteiger partial charge is 0.485 e. The molecule has 2 heterocycles. The van der Waals surface area contributed by atoms with Crippen molar-refractivity contribution < 1.29 is 17.9 Å². The number of ether oxygens (including phenoxy) is 1. The summed E-state index contributed by atoms with van der Waals surface area (Å²) in [5.74, 6) is 0.562. The molecule has 0 aliphatic carbocycles. The van der Waals surface area contributed by atoms with E-state index in [1.54, 1.807) is 24.3 Å². The van der Waals surface area contributed by atoms with Crippen molar-refractivity contribution in [1.82, 2.24) is 4.31 Å². The van der Waals surface area contributed by atoms with Crippen LogP contribution in [0.5, 0.6) is 5.75 Å². The Kier molecular flexibility index (Phi) is 3.93. The summed E-state index contributed by atoms with van der Waals surface area (Å²) in [7, 11) is -3.61. The summed E-state index contributed by atoms with van der Waals surface area (Å²) in [5.41, 5.74) is 1.81. The molecule has 0 saturated carbocycles. The van der Waals surface area contributed by atoms with Crippen molar-refractivity contribution in [2.24, 2.45) is 0 Å². The topological polar surface area (TPSA) is 63.7 Å². The lowest BCUT2D eigenvalue weighted by molar-refractivity contribution is 0.0498. The number of nitrogens with zero attached hydrogens (tertiary/aromatic N) is 1. The van der Waals surface area contributed by atoms with Crippen LogP contribution in [0, 0.1) is 13.8 Å². The fourth-order valence-electron chi connectivity index (χ4n) is 3.71. The molecule has 1 atom stereocenters. The Morgan fingerprint density at radius 1 is 1.08 bits per heavy atom. The molecular weight excluding hydrogens is 350 g/mol. The number of rotatable bonds is 2. The van der Waals surface area contributed by atoms with Crippen molar-refractivity contribution in [3.05, 3.63) is 59.2 Å². The van der Waals surface area contributed by atoms with Crippen molar-refractivity contribution >= 4 is 15.8 Å². The van der Waals surface area contributed by atoms with Crippen LogP contribution in [-0.4, -0.2) is 37.2 Å². The fourth-order valence-corrected chi connectivity index (χ4v) is 5.31. The standard InChI is InChI=1S/C20H21NO4S/c1-14-7-8-16(11-15(14)2)26(23,24)21-10-9-20(13-21)12-18(22)17-5-3-4-6-19(17)25-20/h3-8,11H,9-10,12-13H2,1-2H3/t20-/m1/s1. The van der Waals surface area contributed by atoms with Crippen molar-refractivity contribution in [3.8, 4) is 5.75 Å². The van der Waals surface area contributed by atoms with Crippen LogP contribution in [0.2, 0.25) is 0 Å². The van der Waals surface area contributed by atoms with Gasteiger partial charge in [-0.3, -0.25) is 4.79 Å². The van der Waals surface area contributed by atoms with Crippen molar-refractivity contribution in [2.45, 2.75) is 37.2 Å². The lowest BCUT2D eigenvalue weighted by Gasteiger charge is -2.34. The van der Waals surface area contributed by atoms with E-state index in [9.17, 15) is 13.2 Å². The molecule has 136 valence electrons. The third-order valence-corrected chi connectivity index (χ3v) is 7.24. The molecular formula is C20H21NO4S. The highest BCUT2D eigenvalue weighted by Crippen LogP contribution is 2.40. The van der Waals surface area contributed by atoms with Gasteiger partial charge in [0.05, 0.1) is 23.4 Å². The number of para-hydroxylation sites is 1. The zero-order chi connectivity index (χ0) is 18.5. The summed E-state index contributed by atoms with van der Waals surface area (Å²) in [5, 5.41) is 0. The second kappa shape index (κ2) is 5.93. The number of hydrogen-bond acceptors (Lipinski definition) is 4. The Labute approximate surface area is 153 Å². The molecule has 5 nitrogen and oxygen atoms in total. The molecule has 4 rings (SSSR count). The maximum atomic E-state index is 13.0. The maximum absolute atomic E-state index is 13.0. The number of benzene rings is 2. The monoisotopic (exact) mass is 371 g/mol. The van der Waals surface area contributed by atoms with Gasteiger partial charge in [-0.1, -0.05) is 18.2 Å². The first-order valence-electron chi connectivity index (χ1n) is 8.69. The van der Waals surface area contributed by atoms with Gasteiger partial charge in [-0.2, -0.15) is 4.31 Å². The molecule has 0 aromatic heterocycles. The van der Waals surface area contributed by atoms with Gasteiger partial charge in [0, 0.05) is 13.0 Å². The molecule has 2 aromatic carbocycles. The van der Waals surface area contributed by atoms with Gasteiger partial charge in [0.2, 0.25) is 10.0 Å². The Balaban J connectivity index is 1.62. The van der Waals surface area contributed by atoms with Crippen LogP contribution in [0.15, 0.2) is 47.4 Å². The van der Waals surface area contributed by atoms with Crippen molar-refractivity contribution in [1.29, 1.82) is 0 Å². The van der Waals surface area contributed by atoms with E-state index in [-0.39, 0.29) is 18.7 Å². The Bertz CT molecular complexity index is 999. The van der Waals surface area contributed by atoms with Crippen LogP contribution in [0.25, 0.3) is 0 Å². The highest BCUT2D eigenvalue weighted by molar-refractivity contribution is 7.89. The Morgan fingerprint density at radius 2 is 1.85 bits per heavy atom. The van der Waals surface area contributed by atoms with E-state index < -0.39 is 15.6 Å². The number of hydrogen-bond donors (Lipinski definition) is 0. The van der Waals surface area contributed by atoms with Crippen LogP contribution in [-0.2, 0) is 10.0 Å². The molecule has 6 heteroatoms. The molecule has 0 N–H and O–H groups in total. The second-order valence-electron chi connectivity index (χ2n) is 7.22. The van der Waals surface area contributed by atoms with Crippen LogP contribution in [0.1, 0.15) is 34.3 Å². The number of ketones is 1. The molecule has 1 saturated heterocycles. The van der Waals surface area contributed by atoms with Gasteiger partial charge in [0.1, 0.15) is 11.4 Å². The van der Waals surface area contributed by atoms with Crippen molar-refractivity contribution in [2.75, 3.05) is 13.1 Å². The Morgan fingerprint density at radius 3 is 2.62 bits per heavy atom. The minimum Gasteiger partial charge on any atom is -0.485 e. The zero-order valence-electron chi connectivity index (χ0n) is 14.9. The first kappa shape index (κ1) is 17.2. The van der Waals surface area contributed by atoms with Crippen LogP contribution < -0.4 is 4.74 Å². The van der Waals surface area contributed by atoms with E-state index in [0.29, 0.717) is 29.2 Å². The van der Waals surface area contributed by atoms with Crippen LogP contribution in [0.4, 0.5) is 0 Å². The molecule has 0 radical (unpaired) electrons. The van der Waals surface area contributed by atoms with Crippen molar-refractivity contribution in [3.63, 3.8) is 0 Å². The van der Waals surface area contributed by atoms with Gasteiger partial charge in [-0.05, 0) is 49.2 Å². The first-order chi connectivity index (χ1) is 12.3. The summed E-state index contributed by atoms with van der Waals surface area (Å²) in [6.45, 7) is 4.40. The van der Waals surface area contributed by atoms with Gasteiger partial charge < -0.3 is 4.74 Å². The summed E-state index contributed by atoms with van der Waals surface area (Å²) in [6, 6.07) is 12.3. The summed E-state index contributed by atoms with van der Waals surface area (Å²) >= 11 is 0. The number of carbonyl (C=O) groups excluding carboxylic acids is 1. The molecule has 0 amide bonds. The molecule has 0 unspecified atom stereocenters. The lowest BCUT2D eigenvalue weighted by atomic mass is 9.89. The highest BCUT2D eigenvalue weighted by Gasteiger charge is 2.48. The van der Waals surface area contributed by atoms with Gasteiger partial charge in [0.25, 0.3) is 0 Å². The molecule has 26 heavy (non-hydrogen) atoms. The van der Waals surface area contributed by atoms with E-state index in [1.807, 2.05) is 32.0 Å². The SMILES string of the molecule is Cc1ccc(S(=O)(=O)N2CC[C@@]3(CC(=O)c4ccccc4O3)C2)cc1C. The summed E-state index contributed by atoms with van der Waals surface area (Å²) < 4.78 is 33.6. The smallest absolute Gasteiger partial charge is 0.243 e. The van der Waals surface area contributed by atoms with Gasteiger partial charge in [-0.25, -0.2) is 8.42 Å². The third-order valence-electron chi connectivity index (χ3n) is 5.39. The fraction of sp³-hybridized carbons (Fsp3) is 0.350. The zero-order valence-corrected chi connectivity index (χ0v) is 15.7. The molecule has 2 aliphatic rings. The maximum Gasteiger partial charge on any atom is 0.243 e. The molecule has 1 fully saturated rings. The highest BCUT2D eigenvalue weighted by atomic mass is 32.2. The van der Waals surface area contributed by atoms with E-state index in [1.165, 1.54) is 4.31 Å². The van der Waals surface area contributed by atoms with E-state index in [2.05, 4.69) is 0 Å². The lowest BCUT2D eigenvalue weighted by Crippen LogP contribution is -2.45.